The van der Waals surface area contributed by atoms with Crippen molar-refractivity contribution in [1.82, 2.24) is 14.5 Å². The molecule has 2 N–H and O–H groups in total. The summed E-state index contributed by atoms with van der Waals surface area (Å²) in [5, 5.41) is 0. The lowest BCUT2D eigenvalue weighted by molar-refractivity contribution is -0.137. The lowest BCUT2D eigenvalue weighted by Gasteiger charge is -2.26. The normalized spacial score (nSPS) is 12.7. The van der Waals surface area contributed by atoms with E-state index in [4.69, 9.17) is 15.5 Å². The van der Waals surface area contributed by atoms with Crippen molar-refractivity contribution in [2.75, 3.05) is 38.1 Å². The van der Waals surface area contributed by atoms with Crippen molar-refractivity contribution in [3.8, 4) is 0 Å². The average molecular weight is 687 g/mol. The molecule has 1 amide bonds. The number of nitrogens with zero attached hydrogens (tertiary/aromatic N) is 5. The molecule has 0 bridgehead atoms. The predicted octanol–water partition coefficient (Wildman–Crippen LogP) is 5.94. The Kier molecular flexibility index (Phi) is 11.2. The van der Waals surface area contributed by atoms with Gasteiger partial charge in [-0.05, 0) is 80.9 Å². The number of hydrogen-bond donors (Lipinski definition) is 1. The van der Waals surface area contributed by atoms with E-state index in [9.17, 15) is 26.4 Å². The second-order valence-electron chi connectivity index (χ2n) is 12.3. The third-order valence-corrected chi connectivity index (χ3v) is 9.41. The molecule has 3 aromatic carbocycles. The smallest absolute Gasteiger partial charge is 0.435 e. The molecule has 0 saturated heterocycles. The number of halogens is 3. The van der Waals surface area contributed by atoms with Crippen LogP contribution < -0.4 is 10.0 Å². The van der Waals surface area contributed by atoms with Crippen molar-refractivity contribution in [2.45, 2.75) is 44.7 Å². The molecule has 4 rings (SSSR count). The van der Waals surface area contributed by atoms with Crippen molar-refractivity contribution < 1.29 is 31.1 Å². The second-order valence-corrected chi connectivity index (χ2v) is 14.2. The Hall–Kier alpha value is -4.43. The monoisotopic (exact) mass is 686 g/mol. The number of nitrogens with two attached hydrogens (primary N) is 1. The molecule has 4 aromatic rings. The van der Waals surface area contributed by atoms with Gasteiger partial charge >= 0.3 is 12.3 Å². The van der Waals surface area contributed by atoms with Gasteiger partial charge in [0.05, 0.1) is 33.8 Å². The van der Waals surface area contributed by atoms with Crippen molar-refractivity contribution in [3.63, 3.8) is 0 Å². The summed E-state index contributed by atoms with van der Waals surface area (Å²) in [5.41, 5.74) is 8.37. The quantitative estimate of drug-likeness (QED) is 0.145. The van der Waals surface area contributed by atoms with E-state index < -0.39 is 32.8 Å². The van der Waals surface area contributed by atoms with Gasteiger partial charge < -0.3 is 19.9 Å². The Bertz CT molecular complexity index is 1900. The molecule has 1 heterocycles. The number of hydrogen-bond acceptors (Lipinski definition) is 6. The molecule has 0 unspecified atom stereocenters. The fourth-order valence-electron chi connectivity index (χ4n) is 5.01. The molecule has 14 heteroatoms. The molecule has 0 aliphatic heterocycles. The van der Waals surface area contributed by atoms with Crippen LogP contribution in [-0.4, -0.2) is 68.6 Å². The Balaban J connectivity index is 1.57. The van der Waals surface area contributed by atoms with Gasteiger partial charge in [-0.3, -0.25) is 4.31 Å². The first-order valence-corrected chi connectivity index (χ1v) is 16.8. The maximum atomic E-state index is 13.9. The summed E-state index contributed by atoms with van der Waals surface area (Å²) in [7, 11) is 1.07. The Morgan fingerprint density at radius 1 is 1.02 bits per heavy atom. The zero-order valence-corrected chi connectivity index (χ0v) is 28.7. The first-order chi connectivity index (χ1) is 22.4. The average Bonchev–Trinajstić information content (AvgIpc) is 3.32. The minimum Gasteiger partial charge on any atom is -0.448 e. The molecule has 0 aliphatic carbocycles. The summed E-state index contributed by atoms with van der Waals surface area (Å²) in [6.07, 6.45) is -4.23. The first-order valence-electron chi connectivity index (χ1n) is 15.4. The van der Waals surface area contributed by atoms with Gasteiger partial charge in [-0.15, -0.1) is 0 Å². The predicted molar refractivity (Wildman–Crippen MR) is 181 cm³/mol. The third-order valence-electron chi connectivity index (χ3n) is 7.60. The molecule has 0 saturated carbocycles. The summed E-state index contributed by atoms with van der Waals surface area (Å²) in [6.45, 7) is 5.89. The van der Waals surface area contributed by atoms with E-state index in [1.807, 2.05) is 37.6 Å². The van der Waals surface area contributed by atoms with Gasteiger partial charge in [-0.1, -0.05) is 38.1 Å². The van der Waals surface area contributed by atoms with Crippen LogP contribution in [0.4, 0.5) is 23.7 Å². The molecule has 0 fully saturated rings. The minimum atomic E-state index is -4.69. The molecule has 0 atom stereocenters. The van der Waals surface area contributed by atoms with E-state index in [0.29, 0.717) is 42.2 Å². The number of likely N-dealkylation sites (N-methyl/N-ethyl adjacent to an activating group) is 1. The molecule has 48 heavy (non-hydrogen) atoms. The van der Waals surface area contributed by atoms with Gasteiger partial charge in [0.15, 0.2) is 0 Å². The maximum Gasteiger partial charge on any atom is 0.435 e. The van der Waals surface area contributed by atoms with Crippen LogP contribution in [0, 0.1) is 12.8 Å². The van der Waals surface area contributed by atoms with E-state index in [-0.39, 0.29) is 30.5 Å². The van der Waals surface area contributed by atoms with Crippen LogP contribution in [0.5, 0.6) is 0 Å². The van der Waals surface area contributed by atoms with E-state index >= 15 is 0 Å². The Morgan fingerprint density at radius 2 is 1.71 bits per heavy atom. The van der Waals surface area contributed by atoms with Crippen LogP contribution >= 0.6 is 0 Å². The van der Waals surface area contributed by atoms with Crippen molar-refractivity contribution in [3.05, 3.63) is 88.7 Å². The molecular formula is C34H41F3N6O4S. The highest BCUT2D eigenvalue weighted by atomic mass is 32.2. The maximum absolute atomic E-state index is 13.9. The van der Waals surface area contributed by atoms with E-state index in [1.165, 1.54) is 13.0 Å². The highest BCUT2D eigenvalue weighted by Crippen LogP contribution is 2.34. The number of carbonyl (C=O) groups is 1. The number of fused-ring (bicyclic) bond motifs is 1. The number of anilines is 1. The van der Waals surface area contributed by atoms with E-state index in [1.54, 1.807) is 49.3 Å². The fraction of sp³-hybridized carbons (Fsp3) is 0.382. The van der Waals surface area contributed by atoms with Crippen LogP contribution in [0.1, 0.15) is 41.9 Å². The number of ether oxygens (including phenoxy) is 1. The van der Waals surface area contributed by atoms with Crippen molar-refractivity contribution >= 4 is 38.7 Å². The third kappa shape index (κ3) is 8.92. The number of aryl methyl sites for hydroxylation is 4. The van der Waals surface area contributed by atoms with Crippen LogP contribution in [0.3, 0.4) is 0 Å². The lowest BCUT2D eigenvalue weighted by Crippen LogP contribution is -2.37. The van der Waals surface area contributed by atoms with Gasteiger partial charge in [0.25, 0.3) is 10.0 Å². The van der Waals surface area contributed by atoms with Crippen LogP contribution in [0.2, 0.25) is 0 Å². The summed E-state index contributed by atoms with van der Waals surface area (Å²) in [6, 6.07) is 15.2. The van der Waals surface area contributed by atoms with Gasteiger partial charge in [0.2, 0.25) is 0 Å². The van der Waals surface area contributed by atoms with Crippen molar-refractivity contribution in [1.29, 1.82) is 0 Å². The SMILES string of the molecule is Cc1cc(C(F)(F)F)cc(S(=O)(=O)N(CCN(C)C)c2ccc3c(c2)nc(CCc2ccc(/C(N)=N/C(=O)OCC(C)C)cc2)n3C)c1. The summed E-state index contributed by atoms with van der Waals surface area (Å²) < 4.78 is 76.7. The van der Waals surface area contributed by atoms with Crippen LogP contribution in [0.25, 0.3) is 11.0 Å². The van der Waals surface area contributed by atoms with Crippen LogP contribution in [-0.2, 0) is 40.8 Å². The Labute approximate surface area is 279 Å². The first kappa shape index (κ1) is 36.4. The summed E-state index contributed by atoms with van der Waals surface area (Å²) in [4.78, 5) is 21.8. The molecule has 0 spiro atoms. The van der Waals surface area contributed by atoms with E-state index in [2.05, 4.69) is 4.99 Å². The van der Waals surface area contributed by atoms with Gasteiger partial charge in [0, 0.05) is 32.1 Å². The summed E-state index contributed by atoms with van der Waals surface area (Å²) in [5.74, 6) is 1.01. The number of amidine groups is 1. The topological polar surface area (TPSA) is 123 Å². The fourth-order valence-corrected chi connectivity index (χ4v) is 6.59. The largest absolute Gasteiger partial charge is 0.448 e. The molecule has 258 valence electrons. The number of benzene rings is 3. The number of imidazole rings is 1. The number of carbonyl (C=O) groups excluding carboxylic acids is 1. The molecule has 1 aromatic heterocycles. The molecule has 10 nitrogen and oxygen atoms in total. The Morgan fingerprint density at radius 3 is 2.33 bits per heavy atom. The number of sulfonamides is 1. The number of aliphatic imine (C=N–C) groups is 1. The van der Waals surface area contributed by atoms with Gasteiger partial charge in [0.1, 0.15) is 11.7 Å². The minimum absolute atomic E-state index is 0.0141. The number of amides is 1. The standard InChI is InChI=1S/C34H41F3N6O4S/c1-22(2)21-47-33(44)40-32(38)25-10-7-24(8-11-25)9-14-31-39-29-20-27(12-13-30(29)42(31)6)43(16-15-41(4)5)48(45,46)28-18-23(3)17-26(19-28)34(35,36)37/h7-8,10-13,17-20,22H,9,14-16,21H2,1-6H3,(H2,38,40,44). The highest BCUT2D eigenvalue weighted by molar-refractivity contribution is 7.92. The van der Waals surface area contributed by atoms with E-state index in [0.717, 1.165) is 27.3 Å². The zero-order valence-electron chi connectivity index (χ0n) is 27.9. The molecule has 0 aliphatic rings. The lowest BCUT2D eigenvalue weighted by atomic mass is 10.1. The molecule has 0 radical (unpaired) electrons. The van der Waals surface area contributed by atoms with Crippen LogP contribution in [0.15, 0.2) is 70.6 Å². The van der Waals surface area contributed by atoms with Gasteiger partial charge in [-0.2, -0.15) is 18.2 Å². The second kappa shape index (κ2) is 14.8. The van der Waals surface area contributed by atoms with Gasteiger partial charge in [-0.25, -0.2) is 18.2 Å². The highest BCUT2D eigenvalue weighted by Gasteiger charge is 2.34. The van der Waals surface area contributed by atoms with Crippen molar-refractivity contribution in [2.24, 2.45) is 23.7 Å². The number of rotatable bonds is 12. The summed E-state index contributed by atoms with van der Waals surface area (Å²) >= 11 is 0. The molecular weight excluding hydrogens is 645 g/mol. The number of aromatic nitrogens is 2. The zero-order chi connectivity index (χ0) is 35.4. The number of alkyl halides is 3.